The van der Waals surface area contributed by atoms with Crippen molar-refractivity contribution in [2.75, 3.05) is 0 Å². The van der Waals surface area contributed by atoms with Crippen LogP contribution in [0.3, 0.4) is 0 Å². The number of thiocarbonyl (C=S) groups is 1. The van der Waals surface area contributed by atoms with Crippen molar-refractivity contribution in [1.29, 1.82) is 0 Å². The Labute approximate surface area is 170 Å². The molecule has 0 spiro atoms. The van der Waals surface area contributed by atoms with Gasteiger partial charge in [-0.3, -0.25) is 4.98 Å². The van der Waals surface area contributed by atoms with Crippen LogP contribution >= 0.6 is 12.2 Å². The zero-order valence-electron chi connectivity index (χ0n) is 15.7. The van der Waals surface area contributed by atoms with E-state index in [-0.39, 0.29) is 12.1 Å². The number of furan rings is 1. The molecule has 5 nitrogen and oxygen atoms in total. The Kier molecular flexibility index (Phi) is 4.64. The molecule has 4 heterocycles. The van der Waals surface area contributed by atoms with Gasteiger partial charge in [0.1, 0.15) is 5.76 Å². The Morgan fingerprint density at radius 3 is 2.79 bits per heavy atom. The Bertz CT molecular complexity index is 931. The molecule has 0 bridgehead atoms. The highest BCUT2D eigenvalue weighted by atomic mass is 32.1. The first-order chi connectivity index (χ1) is 13.8. The molecule has 2 aliphatic rings. The van der Waals surface area contributed by atoms with Crippen molar-refractivity contribution in [1.82, 2.24) is 19.8 Å². The smallest absolute Gasteiger partial charge is 0.170 e. The first-order valence-corrected chi connectivity index (χ1v) is 10.4. The number of pyridine rings is 1. The monoisotopic (exact) mass is 392 g/mol. The number of rotatable bonds is 5. The van der Waals surface area contributed by atoms with Gasteiger partial charge in [0.15, 0.2) is 5.11 Å². The molecule has 0 unspecified atom stereocenters. The predicted molar refractivity (Wildman–Crippen MR) is 112 cm³/mol. The predicted octanol–water partition coefficient (Wildman–Crippen LogP) is 4.76. The van der Waals surface area contributed by atoms with Crippen LogP contribution in [-0.4, -0.2) is 19.6 Å². The zero-order valence-corrected chi connectivity index (χ0v) is 16.5. The molecule has 1 aliphatic carbocycles. The fraction of sp³-hybridized carbons (Fsp3) is 0.364. The van der Waals surface area contributed by atoms with E-state index in [4.69, 9.17) is 16.6 Å². The summed E-state index contributed by atoms with van der Waals surface area (Å²) in [6, 6.07) is 12.9. The minimum atomic E-state index is 0.0168. The third kappa shape index (κ3) is 3.22. The molecule has 0 aromatic carbocycles. The fourth-order valence-electron chi connectivity index (χ4n) is 4.54. The SMILES string of the molecule is S=C1N[C@H](c2ccccn2)[C@@H](c2ccn(C3CCCC3)c2)N1Cc1ccco1. The molecule has 144 valence electrons. The fourth-order valence-corrected chi connectivity index (χ4v) is 4.85. The van der Waals surface area contributed by atoms with Crippen molar-refractivity contribution >= 4 is 17.3 Å². The molecule has 2 atom stereocenters. The molecule has 28 heavy (non-hydrogen) atoms. The summed E-state index contributed by atoms with van der Waals surface area (Å²) in [4.78, 5) is 6.83. The van der Waals surface area contributed by atoms with Crippen molar-refractivity contribution in [2.45, 2.75) is 50.4 Å². The van der Waals surface area contributed by atoms with Gasteiger partial charge in [0.2, 0.25) is 0 Å². The van der Waals surface area contributed by atoms with Gasteiger partial charge in [-0.25, -0.2) is 0 Å². The Morgan fingerprint density at radius 1 is 1.14 bits per heavy atom. The summed E-state index contributed by atoms with van der Waals surface area (Å²) in [5.74, 6) is 0.908. The second kappa shape index (κ2) is 7.43. The van der Waals surface area contributed by atoms with E-state index in [2.05, 4.69) is 44.3 Å². The lowest BCUT2D eigenvalue weighted by molar-refractivity contribution is 0.287. The van der Waals surface area contributed by atoms with E-state index in [0.717, 1.165) is 16.6 Å². The van der Waals surface area contributed by atoms with Gasteiger partial charge >= 0.3 is 0 Å². The number of nitrogens with one attached hydrogen (secondary N) is 1. The minimum Gasteiger partial charge on any atom is -0.467 e. The molecular formula is C22H24N4OS. The van der Waals surface area contributed by atoms with E-state index in [1.807, 2.05) is 30.5 Å². The van der Waals surface area contributed by atoms with Gasteiger partial charge in [-0.1, -0.05) is 18.9 Å². The normalized spacial score (nSPS) is 22.7. The van der Waals surface area contributed by atoms with Gasteiger partial charge in [0.05, 0.1) is 30.6 Å². The summed E-state index contributed by atoms with van der Waals surface area (Å²) in [7, 11) is 0. The summed E-state index contributed by atoms with van der Waals surface area (Å²) in [6.45, 7) is 0.640. The van der Waals surface area contributed by atoms with Gasteiger partial charge in [-0.05, 0) is 61.0 Å². The van der Waals surface area contributed by atoms with E-state index in [9.17, 15) is 0 Å². The van der Waals surface area contributed by atoms with Crippen LogP contribution in [0.25, 0.3) is 0 Å². The van der Waals surface area contributed by atoms with Crippen LogP contribution in [0.2, 0.25) is 0 Å². The third-order valence-corrected chi connectivity index (χ3v) is 6.28. The van der Waals surface area contributed by atoms with Crippen LogP contribution in [0.4, 0.5) is 0 Å². The molecule has 1 saturated carbocycles. The number of hydrogen-bond donors (Lipinski definition) is 1. The average molecular weight is 393 g/mol. The zero-order chi connectivity index (χ0) is 18.9. The van der Waals surface area contributed by atoms with Crippen molar-refractivity contribution in [2.24, 2.45) is 0 Å². The van der Waals surface area contributed by atoms with Gasteiger partial charge in [-0.15, -0.1) is 0 Å². The van der Waals surface area contributed by atoms with Crippen LogP contribution in [0.1, 0.15) is 60.8 Å². The first-order valence-electron chi connectivity index (χ1n) is 9.97. The maximum Gasteiger partial charge on any atom is 0.170 e. The number of nitrogens with zero attached hydrogens (tertiary/aromatic N) is 3. The molecule has 6 heteroatoms. The summed E-state index contributed by atoms with van der Waals surface area (Å²) >= 11 is 5.72. The van der Waals surface area contributed by atoms with Crippen molar-refractivity contribution < 1.29 is 4.42 Å². The highest BCUT2D eigenvalue weighted by Crippen LogP contribution is 2.40. The van der Waals surface area contributed by atoms with Crippen LogP contribution in [0.5, 0.6) is 0 Å². The second-order valence-corrected chi connectivity index (χ2v) is 8.05. The second-order valence-electron chi connectivity index (χ2n) is 7.66. The molecule has 3 aromatic rings. The van der Waals surface area contributed by atoms with Gasteiger partial charge in [0.25, 0.3) is 0 Å². The van der Waals surface area contributed by atoms with Crippen LogP contribution < -0.4 is 5.32 Å². The topological polar surface area (TPSA) is 46.2 Å². The Hall–Kier alpha value is -2.60. The largest absolute Gasteiger partial charge is 0.467 e. The summed E-state index contributed by atoms with van der Waals surface area (Å²) in [5, 5.41) is 4.25. The van der Waals surface area contributed by atoms with Gasteiger partial charge < -0.3 is 19.2 Å². The van der Waals surface area contributed by atoms with E-state index in [1.165, 1.54) is 31.2 Å². The van der Waals surface area contributed by atoms with Crippen LogP contribution in [0.15, 0.2) is 65.7 Å². The number of aromatic nitrogens is 2. The summed E-state index contributed by atoms with van der Waals surface area (Å²) in [5.41, 5.74) is 2.27. The lowest BCUT2D eigenvalue weighted by Gasteiger charge is -2.26. The number of hydrogen-bond acceptors (Lipinski definition) is 3. The molecule has 1 saturated heterocycles. The maximum absolute atomic E-state index is 5.72. The van der Waals surface area contributed by atoms with Gasteiger partial charge in [-0.2, -0.15) is 0 Å². The highest BCUT2D eigenvalue weighted by Gasteiger charge is 2.40. The summed E-state index contributed by atoms with van der Waals surface area (Å²) < 4.78 is 8.00. The lowest BCUT2D eigenvalue weighted by Crippen LogP contribution is -2.28. The van der Waals surface area contributed by atoms with Crippen molar-refractivity contribution in [3.8, 4) is 0 Å². The standard InChI is InChI=1S/C22H24N4OS/c28-22-24-20(19-9-3-4-11-23-19)21(26(22)15-18-8-5-13-27-18)16-10-12-25(14-16)17-6-1-2-7-17/h3-5,8-14,17,20-21H,1-2,6-7,15H2,(H,24,28)/t20-,21-/m1/s1. The van der Waals surface area contributed by atoms with E-state index < -0.39 is 0 Å². The van der Waals surface area contributed by atoms with E-state index in [0.29, 0.717) is 12.6 Å². The highest BCUT2D eigenvalue weighted by molar-refractivity contribution is 7.80. The van der Waals surface area contributed by atoms with Crippen LogP contribution in [-0.2, 0) is 6.54 Å². The van der Waals surface area contributed by atoms with Crippen molar-refractivity contribution in [3.05, 3.63) is 78.3 Å². The Morgan fingerprint density at radius 2 is 2.04 bits per heavy atom. The molecule has 0 radical (unpaired) electrons. The Balaban J connectivity index is 1.50. The third-order valence-electron chi connectivity index (χ3n) is 5.93. The molecule has 0 amide bonds. The molecule has 1 N–H and O–H groups in total. The molecular weight excluding hydrogens is 368 g/mol. The molecule has 3 aromatic heterocycles. The maximum atomic E-state index is 5.72. The molecule has 5 rings (SSSR count). The average Bonchev–Trinajstić information content (AvgIpc) is 3.51. The minimum absolute atomic E-state index is 0.0168. The van der Waals surface area contributed by atoms with E-state index >= 15 is 0 Å². The van der Waals surface area contributed by atoms with E-state index in [1.54, 1.807) is 6.26 Å². The summed E-state index contributed by atoms with van der Waals surface area (Å²) in [6.07, 6.45) is 13.3. The van der Waals surface area contributed by atoms with Gasteiger partial charge in [0, 0.05) is 24.6 Å². The quantitative estimate of drug-likeness (QED) is 0.634. The molecule has 2 fully saturated rings. The first kappa shape index (κ1) is 17.5. The molecule has 1 aliphatic heterocycles. The lowest BCUT2D eigenvalue weighted by atomic mass is 9.99. The van der Waals surface area contributed by atoms with Crippen LogP contribution in [0, 0.1) is 0 Å². The van der Waals surface area contributed by atoms with Crippen molar-refractivity contribution in [3.63, 3.8) is 0 Å².